The van der Waals surface area contributed by atoms with Crippen molar-refractivity contribution in [3.05, 3.63) is 33.4 Å². The molecule has 6 nitrogen and oxygen atoms in total. The third kappa shape index (κ3) is 3.46. The molecule has 3 rings (SSSR count). The summed E-state index contributed by atoms with van der Waals surface area (Å²) in [5.41, 5.74) is -2.15. The fourth-order valence-electron chi connectivity index (χ4n) is 3.16. The number of anilines is 1. The largest absolute Gasteiger partial charge is 0.416 e. The Hall–Kier alpha value is -2.16. The fraction of sp³-hybridized carbons (Fsp3) is 0.562. The van der Waals surface area contributed by atoms with Crippen LogP contribution in [0.15, 0.2) is 12.1 Å². The number of halogens is 3. The summed E-state index contributed by atoms with van der Waals surface area (Å²) in [5, 5.41) is 14.7. The molecule has 9 heteroatoms. The molecular weight excluding hydrogens is 339 g/mol. The molecule has 0 aromatic heterocycles. The van der Waals surface area contributed by atoms with Crippen LogP contribution in [0, 0.1) is 16.0 Å². The van der Waals surface area contributed by atoms with Crippen molar-refractivity contribution >= 4 is 17.2 Å². The van der Waals surface area contributed by atoms with E-state index in [1.54, 1.807) is 0 Å². The molecule has 1 aromatic rings. The van der Waals surface area contributed by atoms with Gasteiger partial charge in [-0.3, -0.25) is 14.9 Å². The van der Waals surface area contributed by atoms with Gasteiger partial charge in [-0.1, -0.05) is 0 Å². The van der Waals surface area contributed by atoms with Crippen LogP contribution >= 0.6 is 0 Å². The summed E-state index contributed by atoms with van der Waals surface area (Å²) in [4.78, 5) is 24.7. The molecule has 1 atom stereocenters. The molecule has 0 spiro atoms. The van der Waals surface area contributed by atoms with Crippen LogP contribution < -0.4 is 10.2 Å². The maximum Gasteiger partial charge on any atom is 0.416 e. The van der Waals surface area contributed by atoms with E-state index in [0.29, 0.717) is 38.4 Å². The minimum absolute atomic E-state index is 0.155. The second-order valence-electron chi connectivity index (χ2n) is 6.54. The lowest BCUT2D eigenvalue weighted by atomic mass is 9.99. The maximum absolute atomic E-state index is 13.3. The van der Waals surface area contributed by atoms with Crippen molar-refractivity contribution in [1.29, 1.82) is 0 Å². The first-order valence-corrected chi connectivity index (χ1v) is 8.07. The lowest BCUT2D eigenvalue weighted by Crippen LogP contribution is -2.34. The zero-order valence-corrected chi connectivity index (χ0v) is 13.6. The first-order valence-electron chi connectivity index (χ1n) is 8.07. The van der Waals surface area contributed by atoms with Gasteiger partial charge in [-0.2, -0.15) is 13.2 Å². The summed E-state index contributed by atoms with van der Waals surface area (Å²) in [6.07, 6.45) is -2.90. The minimum atomic E-state index is -4.68. The average molecular weight is 357 g/mol. The molecule has 1 saturated heterocycles. The van der Waals surface area contributed by atoms with Crippen LogP contribution in [0.25, 0.3) is 0 Å². The van der Waals surface area contributed by atoms with Gasteiger partial charge in [0.2, 0.25) is 0 Å². The molecular formula is C16H18F3N3O3. The number of likely N-dealkylation sites (N-methyl/N-ethyl adjacent to an activating group) is 1. The van der Waals surface area contributed by atoms with Crippen molar-refractivity contribution < 1.29 is 22.9 Å². The number of nitrogens with one attached hydrogen (secondary N) is 1. The van der Waals surface area contributed by atoms with E-state index in [-0.39, 0.29) is 11.7 Å². The van der Waals surface area contributed by atoms with Gasteiger partial charge in [-0.15, -0.1) is 0 Å². The third-order valence-corrected chi connectivity index (χ3v) is 4.78. The van der Waals surface area contributed by atoms with Crippen LogP contribution in [0.4, 0.5) is 24.5 Å². The van der Waals surface area contributed by atoms with Gasteiger partial charge in [0.1, 0.15) is 5.69 Å². The number of nitro benzene ring substituents is 1. The third-order valence-electron chi connectivity index (χ3n) is 4.78. The lowest BCUT2D eigenvalue weighted by molar-refractivity contribution is -0.384. The van der Waals surface area contributed by atoms with E-state index in [9.17, 15) is 28.1 Å². The number of nitro groups is 1. The Kier molecular flexibility index (Phi) is 4.44. The van der Waals surface area contributed by atoms with Crippen molar-refractivity contribution in [2.45, 2.75) is 31.5 Å². The number of hydrogen-bond donors (Lipinski definition) is 1. The van der Waals surface area contributed by atoms with Gasteiger partial charge in [-0.25, -0.2) is 0 Å². The maximum atomic E-state index is 13.3. The van der Waals surface area contributed by atoms with E-state index < -0.39 is 39.6 Å². The van der Waals surface area contributed by atoms with Gasteiger partial charge < -0.3 is 10.2 Å². The number of carbonyl (C=O) groups excluding carboxylic acids is 1. The first-order chi connectivity index (χ1) is 11.7. The van der Waals surface area contributed by atoms with E-state index in [1.807, 2.05) is 0 Å². The second kappa shape index (κ2) is 6.29. The number of benzene rings is 1. The Morgan fingerprint density at radius 1 is 1.32 bits per heavy atom. The summed E-state index contributed by atoms with van der Waals surface area (Å²) in [7, 11) is 1.53. The molecule has 0 bridgehead atoms. The molecule has 136 valence electrons. The Morgan fingerprint density at radius 3 is 2.48 bits per heavy atom. The van der Waals surface area contributed by atoms with Crippen LogP contribution in [-0.2, 0) is 6.18 Å². The summed E-state index contributed by atoms with van der Waals surface area (Å²) in [6.45, 7) is 1.21. The SMILES string of the molecule is CN(c1cc(C(F)(F)F)cc(C(=O)C2CC2)c1[N+](=O)[O-])C1CCNC1. The Balaban J connectivity index is 2.17. The summed E-state index contributed by atoms with van der Waals surface area (Å²) >= 11 is 0. The number of nitrogens with zero attached hydrogens (tertiary/aromatic N) is 2. The Bertz CT molecular complexity index is 711. The summed E-state index contributed by atoms with van der Waals surface area (Å²) < 4.78 is 39.9. The van der Waals surface area contributed by atoms with Crippen molar-refractivity contribution in [3.8, 4) is 0 Å². The summed E-state index contributed by atoms with van der Waals surface area (Å²) in [6, 6.07) is 1.24. The van der Waals surface area contributed by atoms with Crippen molar-refractivity contribution in [2.75, 3.05) is 25.0 Å². The smallest absolute Gasteiger partial charge is 0.365 e. The Labute approximate surface area is 142 Å². The van der Waals surface area contributed by atoms with Crippen LogP contribution in [-0.4, -0.2) is 36.9 Å². The van der Waals surface area contributed by atoms with Crippen LogP contribution in [0.2, 0.25) is 0 Å². The predicted molar refractivity (Wildman–Crippen MR) is 84.8 cm³/mol. The van der Waals surface area contributed by atoms with E-state index in [4.69, 9.17) is 0 Å². The molecule has 2 aliphatic rings. The van der Waals surface area contributed by atoms with Crippen molar-refractivity contribution in [2.24, 2.45) is 5.92 Å². The molecule has 1 aliphatic heterocycles. The monoisotopic (exact) mass is 357 g/mol. The highest BCUT2D eigenvalue weighted by Gasteiger charge is 2.41. The van der Waals surface area contributed by atoms with Crippen LogP contribution in [0.1, 0.15) is 35.2 Å². The highest BCUT2D eigenvalue weighted by Crippen LogP contribution is 2.43. The molecule has 0 radical (unpaired) electrons. The normalized spacial score (nSPS) is 20.6. The molecule has 25 heavy (non-hydrogen) atoms. The zero-order chi connectivity index (χ0) is 18.4. The molecule has 1 heterocycles. The van der Waals surface area contributed by atoms with Crippen molar-refractivity contribution in [1.82, 2.24) is 5.32 Å². The standard InChI is InChI=1S/C16H18F3N3O3/c1-21(11-4-5-20-8-11)13-7-10(16(17,18)19)6-12(14(13)22(24)25)15(23)9-2-3-9/h6-7,9,11,20H,2-5,8H2,1H3. The highest BCUT2D eigenvalue weighted by molar-refractivity contribution is 6.05. The van der Waals surface area contributed by atoms with Gasteiger partial charge in [0, 0.05) is 25.6 Å². The molecule has 1 aliphatic carbocycles. The highest BCUT2D eigenvalue weighted by atomic mass is 19.4. The Morgan fingerprint density at radius 2 is 2.00 bits per heavy atom. The van der Waals surface area contributed by atoms with Gasteiger partial charge in [-0.05, 0) is 37.9 Å². The van der Waals surface area contributed by atoms with E-state index in [2.05, 4.69) is 5.32 Å². The minimum Gasteiger partial charge on any atom is -0.365 e. The number of hydrogen-bond acceptors (Lipinski definition) is 5. The number of carbonyl (C=O) groups is 1. The number of rotatable bonds is 5. The summed E-state index contributed by atoms with van der Waals surface area (Å²) in [5.74, 6) is -0.981. The lowest BCUT2D eigenvalue weighted by Gasteiger charge is -2.27. The second-order valence-corrected chi connectivity index (χ2v) is 6.54. The van der Waals surface area contributed by atoms with Gasteiger partial charge in [0.05, 0.1) is 16.1 Å². The van der Waals surface area contributed by atoms with E-state index in [0.717, 1.165) is 6.07 Å². The van der Waals surface area contributed by atoms with Gasteiger partial charge >= 0.3 is 11.9 Å². The molecule has 1 unspecified atom stereocenters. The van der Waals surface area contributed by atoms with Crippen LogP contribution in [0.3, 0.4) is 0 Å². The molecule has 2 fully saturated rings. The van der Waals surface area contributed by atoms with Crippen molar-refractivity contribution in [3.63, 3.8) is 0 Å². The number of Topliss-reactive ketones (excluding diaryl/α,β-unsaturated/α-hetero) is 1. The number of alkyl halides is 3. The molecule has 0 amide bonds. The molecule has 1 saturated carbocycles. The van der Waals surface area contributed by atoms with E-state index in [1.165, 1.54) is 11.9 Å². The van der Waals surface area contributed by atoms with Gasteiger partial charge in [0.15, 0.2) is 5.78 Å². The first kappa shape index (κ1) is 17.7. The molecule has 1 aromatic carbocycles. The van der Waals surface area contributed by atoms with Gasteiger partial charge in [0.25, 0.3) is 0 Å². The zero-order valence-electron chi connectivity index (χ0n) is 13.6. The fourth-order valence-corrected chi connectivity index (χ4v) is 3.16. The van der Waals surface area contributed by atoms with Crippen LogP contribution in [0.5, 0.6) is 0 Å². The predicted octanol–water partition coefficient (Wildman–Crippen LogP) is 3.00. The number of ketones is 1. The average Bonchev–Trinajstić information content (AvgIpc) is 3.25. The van der Waals surface area contributed by atoms with E-state index >= 15 is 0 Å². The quantitative estimate of drug-likeness (QED) is 0.498. The molecule has 1 N–H and O–H groups in total. The topological polar surface area (TPSA) is 75.5 Å².